The van der Waals surface area contributed by atoms with Gasteiger partial charge in [-0.3, -0.25) is 0 Å². The Kier molecular flexibility index (Phi) is 20.8. The van der Waals surface area contributed by atoms with Gasteiger partial charge in [0.2, 0.25) is 0 Å². The molecule has 0 aliphatic heterocycles. The minimum Gasteiger partial charge on any atom is -0.348 e. The molecule has 3 aromatic rings. The standard InChI is InChI=1S/C54H66N2.C2H6/c1-15-21-49(12)56(53-24-17-16-18-25-53)50(13)47(10)33-32-45(8)43(6)29-28-41(4)39(2)26-27-40(3)42(5)30-31-44(7)46(9)34-35-48(11)55(14)54-37-36-51-22-19-20-23-52(51)38-54;1-2/h15-38,50H,12H2,1-11,13-14H3;1-2H3/b21-15-,39-26+,40-27+,41-28+,42-30+,43-29+,44-31+,45-32+,46-34+,47-33+,48-35+;. The van der Waals surface area contributed by atoms with Gasteiger partial charge in [-0.05, 0) is 175 Å². The van der Waals surface area contributed by atoms with Crippen LogP contribution in [-0.4, -0.2) is 13.1 Å². The van der Waals surface area contributed by atoms with Crippen LogP contribution < -0.4 is 9.80 Å². The maximum absolute atomic E-state index is 4.34. The summed E-state index contributed by atoms with van der Waals surface area (Å²) in [4.78, 5) is 4.53. The SMILES string of the molecule is C=C(/C=C\C)N(c1ccccc1)C(C)/C(C)=C/C=C(C)/C(C)=C/C=C(C)/C(C)=C/C=C(C)/C(C)=C/C=C(C)/C(C)=C/C=C(\C)N(C)c1ccc2ccccc2c1.CC. The maximum Gasteiger partial charge on any atom is 0.0523 e. The fourth-order valence-corrected chi connectivity index (χ4v) is 5.85. The lowest BCUT2D eigenvalue weighted by molar-refractivity contribution is 0.790. The molecule has 0 radical (unpaired) electrons. The summed E-state index contributed by atoms with van der Waals surface area (Å²) in [6, 6.07) is 25.8. The number of allylic oxidation sites excluding steroid dienone is 21. The van der Waals surface area contributed by atoms with Gasteiger partial charge in [-0.25, -0.2) is 0 Å². The number of fused-ring (bicyclic) bond motifs is 1. The van der Waals surface area contributed by atoms with E-state index in [2.05, 4.69) is 233 Å². The molecule has 0 aliphatic carbocycles. The molecular formula is C56H72N2. The van der Waals surface area contributed by atoms with Crippen LogP contribution in [-0.2, 0) is 0 Å². The molecule has 0 aromatic heterocycles. The normalized spacial score (nSPS) is 15.1. The van der Waals surface area contributed by atoms with Gasteiger partial charge in [-0.1, -0.05) is 135 Å². The molecule has 0 saturated heterocycles. The Bertz CT molecular complexity index is 2180. The van der Waals surface area contributed by atoms with Crippen molar-refractivity contribution in [3.8, 4) is 0 Å². The topological polar surface area (TPSA) is 6.48 Å². The molecule has 2 heteroatoms. The van der Waals surface area contributed by atoms with Gasteiger partial charge in [-0.15, -0.1) is 0 Å². The summed E-state index contributed by atoms with van der Waals surface area (Å²) >= 11 is 0. The molecule has 0 saturated carbocycles. The van der Waals surface area contributed by atoms with Gasteiger partial charge in [0, 0.05) is 29.8 Å². The molecule has 0 N–H and O–H groups in total. The Morgan fingerprint density at radius 1 is 0.500 bits per heavy atom. The molecule has 0 amide bonds. The molecule has 58 heavy (non-hydrogen) atoms. The van der Waals surface area contributed by atoms with Crippen molar-refractivity contribution < 1.29 is 0 Å². The lowest BCUT2D eigenvalue weighted by Gasteiger charge is -2.32. The molecule has 0 fully saturated rings. The number of hydrogen-bond acceptors (Lipinski definition) is 2. The Balaban J connectivity index is 0.00000571. The van der Waals surface area contributed by atoms with Gasteiger partial charge in [0.05, 0.1) is 6.04 Å². The predicted molar refractivity (Wildman–Crippen MR) is 264 cm³/mol. The molecule has 0 bridgehead atoms. The van der Waals surface area contributed by atoms with Crippen molar-refractivity contribution >= 4 is 22.1 Å². The molecule has 0 aliphatic rings. The number of para-hydroxylation sites is 1. The number of anilines is 2. The summed E-state index contributed by atoms with van der Waals surface area (Å²) in [5, 5.41) is 2.52. The van der Waals surface area contributed by atoms with E-state index >= 15 is 0 Å². The number of rotatable bonds is 16. The Hall–Kier alpha value is -5.60. The van der Waals surface area contributed by atoms with Crippen molar-refractivity contribution in [3.63, 3.8) is 0 Å². The predicted octanol–water partition coefficient (Wildman–Crippen LogP) is 16.7. The monoisotopic (exact) mass is 773 g/mol. The highest BCUT2D eigenvalue weighted by atomic mass is 15.2. The second-order valence-electron chi connectivity index (χ2n) is 15.0. The van der Waals surface area contributed by atoms with E-state index in [1.165, 1.54) is 72.3 Å². The van der Waals surface area contributed by atoms with E-state index in [1.54, 1.807) is 0 Å². The summed E-state index contributed by atoms with van der Waals surface area (Å²) in [6.45, 7) is 34.4. The van der Waals surface area contributed by atoms with Crippen LogP contribution >= 0.6 is 0 Å². The minimum absolute atomic E-state index is 0.159. The van der Waals surface area contributed by atoms with Crippen LogP contribution in [0.4, 0.5) is 11.4 Å². The molecule has 0 heterocycles. The van der Waals surface area contributed by atoms with Crippen LogP contribution in [0.5, 0.6) is 0 Å². The first-order valence-corrected chi connectivity index (χ1v) is 20.8. The zero-order chi connectivity index (χ0) is 43.4. The van der Waals surface area contributed by atoms with E-state index in [9.17, 15) is 0 Å². The Morgan fingerprint density at radius 2 is 0.897 bits per heavy atom. The van der Waals surface area contributed by atoms with Crippen molar-refractivity contribution in [2.24, 2.45) is 0 Å². The van der Waals surface area contributed by atoms with Crippen LogP contribution in [0.3, 0.4) is 0 Å². The first-order chi connectivity index (χ1) is 27.6. The van der Waals surface area contributed by atoms with E-state index in [4.69, 9.17) is 0 Å². The van der Waals surface area contributed by atoms with E-state index in [1.807, 2.05) is 32.9 Å². The van der Waals surface area contributed by atoms with Crippen molar-refractivity contribution in [1.82, 2.24) is 0 Å². The third-order valence-electron chi connectivity index (χ3n) is 10.8. The van der Waals surface area contributed by atoms with Crippen molar-refractivity contribution in [1.29, 1.82) is 0 Å². The maximum atomic E-state index is 4.34. The number of hydrogen-bond donors (Lipinski definition) is 0. The lowest BCUT2D eigenvalue weighted by atomic mass is 10.0. The summed E-state index contributed by atoms with van der Waals surface area (Å²) in [7, 11) is 2.13. The van der Waals surface area contributed by atoms with E-state index in [-0.39, 0.29) is 6.04 Å². The second kappa shape index (κ2) is 24.9. The van der Waals surface area contributed by atoms with E-state index < -0.39 is 0 Å². The second-order valence-corrected chi connectivity index (χ2v) is 15.0. The summed E-state index contributed by atoms with van der Waals surface area (Å²) in [5.74, 6) is 0. The van der Waals surface area contributed by atoms with Crippen molar-refractivity contribution in [3.05, 3.63) is 214 Å². The summed E-state index contributed by atoms with van der Waals surface area (Å²) in [5.41, 5.74) is 15.7. The highest BCUT2D eigenvalue weighted by molar-refractivity contribution is 5.86. The number of benzene rings is 3. The third kappa shape index (κ3) is 15.1. The van der Waals surface area contributed by atoms with Gasteiger partial charge in [0.15, 0.2) is 0 Å². The Morgan fingerprint density at radius 3 is 1.34 bits per heavy atom. The molecular weight excluding hydrogens is 701 g/mol. The van der Waals surface area contributed by atoms with Crippen LogP contribution in [0.1, 0.15) is 96.9 Å². The first-order valence-electron chi connectivity index (χ1n) is 20.8. The summed E-state index contributed by atoms with van der Waals surface area (Å²) in [6.07, 6.45) is 26.3. The number of nitrogens with zero attached hydrogens (tertiary/aromatic N) is 2. The van der Waals surface area contributed by atoms with Crippen LogP contribution in [0, 0.1) is 0 Å². The molecule has 306 valence electrons. The Labute approximate surface area is 354 Å². The molecule has 3 aromatic carbocycles. The highest BCUT2D eigenvalue weighted by Crippen LogP contribution is 2.27. The lowest BCUT2D eigenvalue weighted by Crippen LogP contribution is -2.32. The third-order valence-corrected chi connectivity index (χ3v) is 10.8. The van der Waals surface area contributed by atoms with E-state index in [0.717, 1.165) is 11.4 Å². The van der Waals surface area contributed by atoms with Gasteiger partial charge in [0.1, 0.15) is 0 Å². The van der Waals surface area contributed by atoms with Crippen LogP contribution in [0.15, 0.2) is 214 Å². The minimum atomic E-state index is 0.159. The molecule has 0 spiro atoms. The molecule has 1 unspecified atom stereocenters. The van der Waals surface area contributed by atoms with Gasteiger partial charge in [0.25, 0.3) is 0 Å². The van der Waals surface area contributed by atoms with Gasteiger partial charge < -0.3 is 9.80 Å². The largest absolute Gasteiger partial charge is 0.348 e. The molecule has 3 rings (SSSR count). The average Bonchev–Trinajstić information content (AvgIpc) is 3.24. The van der Waals surface area contributed by atoms with Gasteiger partial charge in [-0.2, -0.15) is 0 Å². The fourth-order valence-electron chi connectivity index (χ4n) is 5.85. The van der Waals surface area contributed by atoms with Crippen molar-refractivity contribution in [2.45, 2.75) is 103 Å². The van der Waals surface area contributed by atoms with Crippen molar-refractivity contribution in [2.75, 3.05) is 16.8 Å². The quantitative estimate of drug-likeness (QED) is 0.134. The molecule has 2 nitrogen and oxygen atoms in total. The van der Waals surface area contributed by atoms with Crippen LogP contribution in [0.25, 0.3) is 10.8 Å². The highest BCUT2D eigenvalue weighted by Gasteiger charge is 2.17. The zero-order valence-corrected chi connectivity index (χ0v) is 38.5. The smallest absolute Gasteiger partial charge is 0.0523 e. The fraction of sp³-hybridized carbons (Fsp3) is 0.286. The van der Waals surface area contributed by atoms with Crippen LogP contribution in [0.2, 0.25) is 0 Å². The molecule has 1 atom stereocenters. The first kappa shape index (κ1) is 48.5. The van der Waals surface area contributed by atoms with Gasteiger partial charge >= 0.3 is 0 Å². The van der Waals surface area contributed by atoms with E-state index in [0.29, 0.717) is 0 Å². The summed E-state index contributed by atoms with van der Waals surface area (Å²) < 4.78 is 0. The zero-order valence-electron chi connectivity index (χ0n) is 38.5. The average molecular weight is 773 g/mol.